The molecule has 0 spiro atoms. The monoisotopic (exact) mass is 557 g/mol. The summed E-state index contributed by atoms with van der Waals surface area (Å²) in [5, 5.41) is 36.5. The number of amides is 4. The molecule has 0 unspecified atom stereocenters. The van der Waals surface area contributed by atoms with Crippen LogP contribution in [0.15, 0.2) is 54.6 Å². The van der Waals surface area contributed by atoms with Crippen LogP contribution < -0.4 is 27.0 Å². The van der Waals surface area contributed by atoms with Crippen molar-refractivity contribution in [2.24, 2.45) is 5.73 Å². The molecule has 0 aliphatic heterocycles. The number of hydrogen-bond donors (Lipinski definition) is 8. The van der Waals surface area contributed by atoms with Gasteiger partial charge in [0.05, 0.1) is 19.0 Å². The van der Waals surface area contributed by atoms with Crippen molar-refractivity contribution in [2.75, 3.05) is 13.1 Å². The van der Waals surface area contributed by atoms with Crippen LogP contribution in [0, 0.1) is 0 Å². The van der Waals surface area contributed by atoms with E-state index in [2.05, 4.69) is 21.3 Å². The first-order valence-corrected chi connectivity index (χ1v) is 12.1. The van der Waals surface area contributed by atoms with Crippen LogP contribution in [0.1, 0.15) is 17.5 Å². The van der Waals surface area contributed by atoms with E-state index in [9.17, 15) is 39.0 Å². The molecule has 2 aromatic carbocycles. The van der Waals surface area contributed by atoms with E-state index in [0.29, 0.717) is 11.1 Å². The lowest BCUT2D eigenvalue weighted by molar-refractivity contribution is -0.141. The molecular weight excluding hydrogens is 526 g/mol. The molecular formula is C26H31N5O9. The van der Waals surface area contributed by atoms with E-state index in [1.165, 1.54) is 12.1 Å². The summed E-state index contributed by atoms with van der Waals surface area (Å²) in [4.78, 5) is 72.5. The Bertz CT molecular complexity index is 1200. The Hall–Kier alpha value is -4.98. The van der Waals surface area contributed by atoms with E-state index in [0.717, 1.165) is 0 Å². The highest BCUT2D eigenvalue weighted by Gasteiger charge is 2.30. The Morgan fingerprint density at radius 3 is 1.88 bits per heavy atom. The fraction of sp³-hybridized carbons (Fsp3) is 0.308. The number of phenolic OH excluding ortho intramolecular Hbond substituents is 1. The van der Waals surface area contributed by atoms with Gasteiger partial charge in [-0.25, -0.2) is 0 Å². The third-order valence-corrected chi connectivity index (χ3v) is 5.52. The summed E-state index contributed by atoms with van der Waals surface area (Å²) >= 11 is 0. The second-order valence-corrected chi connectivity index (χ2v) is 8.78. The maximum absolute atomic E-state index is 13.1. The van der Waals surface area contributed by atoms with E-state index in [-0.39, 0.29) is 18.6 Å². The van der Waals surface area contributed by atoms with Crippen molar-refractivity contribution in [1.82, 2.24) is 21.3 Å². The maximum atomic E-state index is 13.1. The minimum absolute atomic E-state index is 0.0231. The summed E-state index contributed by atoms with van der Waals surface area (Å²) in [6, 6.07) is 10.4. The van der Waals surface area contributed by atoms with Crippen LogP contribution in [-0.2, 0) is 41.6 Å². The number of aliphatic carboxylic acids is 2. The number of carbonyl (C=O) groups is 6. The molecule has 14 heteroatoms. The molecule has 214 valence electrons. The number of carbonyl (C=O) groups excluding carboxylic acids is 4. The highest BCUT2D eigenvalue weighted by atomic mass is 16.4. The van der Waals surface area contributed by atoms with Gasteiger partial charge in [-0.3, -0.25) is 28.8 Å². The van der Waals surface area contributed by atoms with Crippen molar-refractivity contribution in [3.05, 3.63) is 65.7 Å². The van der Waals surface area contributed by atoms with E-state index in [4.69, 9.17) is 10.8 Å². The number of nitrogens with two attached hydrogens (primary N) is 1. The molecule has 2 aromatic rings. The largest absolute Gasteiger partial charge is 0.508 e. The summed E-state index contributed by atoms with van der Waals surface area (Å²) in [5.41, 5.74) is 7.19. The second kappa shape index (κ2) is 15.4. The molecule has 0 aromatic heterocycles. The maximum Gasteiger partial charge on any atom is 0.322 e. The molecule has 4 amide bonds. The predicted molar refractivity (Wildman–Crippen MR) is 140 cm³/mol. The molecule has 0 saturated heterocycles. The van der Waals surface area contributed by atoms with Gasteiger partial charge in [0.15, 0.2) is 0 Å². The summed E-state index contributed by atoms with van der Waals surface area (Å²) in [6.07, 6.45) is -0.805. The lowest BCUT2D eigenvalue weighted by Gasteiger charge is -2.23. The van der Waals surface area contributed by atoms with Gasteiger partial charge in [-0.15, -0.1) is 0 Å². The van der Waals surface area contributed by atoms with E-state index >= 15 is 0 Å². The first kappa shape index (κ1) is 31.2. The van der Waals surface area contributed by atoms with Crippen LogP contribution in [-0.4, -0.2) is 82.1 Å². The topological polar surface area (TPSA) is 237 Å². The first-order valence-electron chi connectivity index (χ1n) is 12.1. The summed E-state index contributed by atoms with van der Waals surface area (Å²) < 4.78 is 0. The van der Waals surface area contributed by atoms with Gasteiger partial charge in [0.2, 0.25) is 23.6 Å². The lowest BCUT2D eigenvalue weighted by Crippen LogP contribution is -2.57. The molecule has 0 aliphatic carbocycles. The Morgan fingerprint density at radius 2 is 1.27 bits per heavy atom. The van der Waals surface area contributed by atoms with Crippen molar-refractivity contribution in [1.29, 1.82) is 0 Å². The van der Waals surface area contributed by atoms with Crippen molar-refractivity contribution in [3.8, 4) is 5.75 Å². The molecule has 0 aliphatic rings. The highest BCUT2D eigenvalue weighted by molar-refractivity contribution is 5.96. The van der Waals surface area contributed by atoms with Gasteiger partial charge in [0.25, 0.3) is 0 Å². The number of benzene rings is 2. The van der Waals surface area contributed by atoms with Crippen molar-refractivity contribution in [2.45, 2.75) is 37.4 Å². The number of rotatable bonds is 15. The smallest absolute Gasteiger partial charge is 0.322 e. The highest BCUT2D eigenvalue weighted by Crippen LogP contribution is 2.11. The zero-order valence-electron chi connectivity index (χ0n) is 21.3. The third-order valence-electron chi connectivity index (χ3n) is 5.52. The Kier molecular flexibility index (Phi) is 12.1. The van der Waals surface area contributed by atoms with Crippen LogP contribution in [0.2, 0.25) is 0 Å². The number of phenols is 1. The van der Waals surface area contributed by atoms with Crippen LogP contribution in [0.3, 0.4) is 0 Å². The van der Waals surface area contributed by atoms with Gasteiger partial charge in [0.1, 0.15) is 24.4 Å². The van der Waals surface area contributed by atoms with Gasteiger partial charge in [-0.05, 0) is 29.7 Å². The summed E-state index contributed by atoms with van der Waals surface area (Å²) in [6.45, 7) is -1.22. The summed E-state index contributed by atoms with van der Waals surface area (Å²) in [7, 11) is 0. The average molecular weight is 558 g/mol. The SMILES string of the molecule is N[C@@H](Cc1ccc(O)cc1)C(=O)N[C@@H](CC(=O)O)C(=O)N[C@@H](Cc1ccccc1)C(=O)NCC(=O)NCC(=O)O. The number of nitrogens with one attached hydrogen (secondary N) is 4. The molecule has 3 atom stereocenters. The number of carboxylic acids is 2. The molecule has 0 fully saturated rings. The number of carboxylic acid groups (broad SMARTS) is 2. The Morgan fingerprint density at radius 1 is 0.675 bits per heavy atom. The van der Waals surface area contributed by atoms with Crippen LogP contribution in [0.4, 0.5) is 0 Å². The number of aromatic hydroxyl groups is 1. The van der Waals surface area contributed by atoms with Crippen molar-refractivity contribution in [3.63, 3.8) is 0 Å². The van der Waals surface area contributed by atoms with Crippen LogP contribution in [0.25, 0.3) is 0 Å². The molecule has 14 nitrogen and oxygen atoms in total. The zero-order chi connectivity index (χ0) is 29.7. The molecule has 0 radical (unpaired) electrons. The van der Waals surface area contributed by atoms with E-state index in [1.807, 2.05) is 0 Å². The van der Waals surface area contributed by atoms with Crippen molar-refractivity contribution < 1.29 is 44.1 Å². The third kappa shape index (κ3) is 11.2. The summed E-state index contributed by atoms with van der Waals surface area (Å²) in [5.74, 6) is -6.01. The standard InChI is InChI=1S/C26H31N5O9/c27-18(10-16-6-8-17(32)9-7-16)24(38)30-20(12-22(34)35)26(40)31-19(11-15-4-2-1-3-5-15)25(39)29-13-21(33)28-14-23(36)37/h1-9,18-20,32H,10-14,27H2,(H,28,33)(H,29,39)(H,30,38)(H,31,40)(H,34,35)(H,36,37)/t18-,19-,20-/m0/s1. The number of hydrogen-bond acceptors (Lipinski definition) is 8. The molecule has 0 bridgehead atoms. The van der Waals surface area contributed by atoms with Crippen LogP contribution in [0.5, 0.6) is 5.75 Å². The molecule has 2 rings (SSSR count). The zero-order valence-corrected chi connectivity index (χ0v) is 21.3. The fourth-order valence-corrected chi connectivity index (χ4v) is 3.50. The molecule has 40 heavy (non-hydrogen) atoms. The van der Waals surface area contributed by atoms with Gasteiger partial charge >= 0.3 is 11.9 Å². The van der Waals surface area contributed by atoms with Gasteiger partial charge in [-0.2, -0.15) is 0 Å². The lowest BCUT2D eigenvalue weighted by atomic mass is 10.0. The van der Waals surface area contributed by atoms with E-state index in [1.54, 1.807) is 42.5 Å². The second-order valence-electron chi connectivity index (χ2n) is 8.78. The Labute approximate surface area is 228 Å². The molecule has 0 saturated carbocycles. The Balaban J connectivity index is 2.12. The fourth-order valence-electron chi connectivity index (χ4n) is 3.50. The van der Waals surface area contributed by atoms with Crippen molar-refractivity contribution >= 4 is 35.6 Å². The minimum Gasteiger partial charge on any atom is -0.508 e. The molecule has 9 N–H and O–H groups in total. The first-order chi connectivity index (χ1) is 18.9. The van der Waals surface area contributed by atoms with Crippen LogP contribution >= 0.6 is 0 Å². The van der Waals surface area contributed by atoms with Gasteiger partial charge in [-0.1, -0.05) is 42.5 Å². The molecule has 0 heterocycles. The minimum atomic E-state index is -1.58. The normalized spacial score (nSPS) is 12.7. The van der Waals surface area contributed by atoms with Gasteiger partial charge < -0.3 is 42.3 Å². The predicted octanol–water partition coefficient (Wildman–Crippen LogP) is -1.73. The average Bonchev–Trinajstić information content (AvgIpc) is 2.91. The quantitative estimate of drug-likeness (QED) is 0.123. The van der Waals surface area contributed by atoms with Gasteiger partial charge in [0, 0.05) is 6.42 Å². The van der Waals surface area contributed by atoms with E-state index < -0.39 is 73.2 Å².